The van der Waals surface area contributed by atoms with E-state index in [1.807, 2.05) is 0 Å². The second-order valence-electron chi connectivity index (χ2n) is 5.24. The summed E-state index contributed by atoms with van der Waals surface area (Å²) in [7, 11) is 0. The van der Waals surface area contributed by atoms with Crippen LogP contribution < -0.4 is 15.8 Å². The van der Waals surface area contributed by atoms with E-state index < -0.39 is 11.9 Å². The number of carbonyl (C=O) groups excluding carboxylic acids is 1. The van der Waals surface area contributed by atoms with Gasteiger partial charge in [-0.1, -0.05) is 19.3 Å². The number of nitrogens with two attached hydrogens (primary N) is 1. The summed E-state index contributed by atoms with van der Waals surface area (Å²) in [5.41, 5.74) is 5.58. The maximum atomic E-state index is 12.2. The molecular formula is C14H17F3N2O2. The van der Waals surface area contributed by atoms with Crippen LogP contribution in [0.2, 0.25) is 0 Å². The molecule has 1 amide bonds. The first kappa shape index (κ1) is 15.6. The summed E-state index contributed by atoms with van der Waals surface area (Å²) >= 11 is 0. The van der Waals surface area contributed by atoms with Crippen molar-refractivity contribution in [3.8, 4) is 5.75 Å². The summed E-state index contributed by atoms with van der Waals surface area (Å²) in [5, 5.41) is 2.64. The molecule has 1 aromatic carbocycles. The van der Waals surface area contributed by atoms with Gasteiger partial charge >= 0.3 is 6.36 Å². The monoisotopic (exact) mass is 302 g/mol. The molecule has 1 aromatic rings. The first-order valence-electron chi connectivity index (χ1n) is 6.75. The van der Waals surface area contributed by atoms with Crippen molar-refractivity contribution in [2.75, 3.05) is 5.32 Å². The topological polar surface area (TPSA) is 64.4 Å². The van der Waals surface area contributed by atoms with E-state index in [1.165, 1.54) is 12.1 Å². The third-order valence-electron chi connectivity index (χ3n) is 3.54. The fourth-order valence-electron chi connectivity index (χ4n) is 2.41. The number of ether oxygens (including phenoxy) is 1. The van der Waals surface area contributed by atoms with Crippen LogP contribution in [0, 0.1) is 0 Å². The zero-order valence-electron chi connectivity index (χ0n) is 11.4. The molecule has 0 aliphatic heterocycles. The minimum Gasteiger partial charge on any atom is -0.406 e. The van der Waals surface area contributed by atoms with Crippen LogP contribution in [0.3, 0.4) is 0 Å². The molecular weight excluding hydrogens is 285 g/mol. The first-order chi connectivity index (χ1) is 9.78. The van der Waals surface area contributed by atoms with Crippen molar-refractivity contribution in [2.45, 2.75) is 44.0 Å². The van der Waals surface area contributed by atoms with Crippen LogP contribution in [0.5, 0.6) is 5.75 Å². The Morgan fingerprint density at radius 2 is 1.71 bits per heavy atom. The van der Waals surface area contributed by atoms with Crippen molar-refractivity contribution in [1.82, 2.24) is 0 Å². The summed E-state index contributed by atoms with van der Waals surface area (Å²) in [6, 6.07) is 5.00. The van der Waals surface area contributed by atoms with Crippen LogP contribution in [0.4, 0.5) is 18.9 Å². The zero-order valence-corrected chi connectivity index (χ0v) is 11.4. The SMILES string of the molecule is NC1(C(=O)Nc2ccc(OC(F)(F)F)cc2)CCCCC1. The molecule has 4 nitrogen and oxygen atoms in total. The van der Waals surface area contributed by atoms with Gasteiger partial charge in [0.2, 0.25) is 5.91 Å². The van der Waals surface area contributed by atoms with Gasteiger partial charge in [-0.15, -0.1) is 13.2 Å². The lowest BCUT2D eigenvalue weighted by Gasteiger charge is -2.31. The van der Waals surface area contributed by atoms with E-state index in [9.17, 15) is 18.0 Å². The average molecular weight is 302 g/mol. The quantitative estimate of drug-likeness (QED) is 0.901. The molecule has 7 heteroatoms. The second-order valence-corrected chi connectivity index (χ2v) is 5.24. The van der Waals surface area contributed by atoms with E-state index in [-0.39, 0.29) is 11.7 Å². The van der Waals surface area contributed by atoms with Gasteiger partial charge in [0.1, 0.15) is 5.75 Å². The van der Waals surface area contributed by atoms with E-state index in [4.69, 9.17) is 5.73 Å². The Labute approximate surface area is 120 Å². The van der Waals surface area contributed by atoms with Crippen molar-refractivity contribution in [3.05, 3.63) is 24.3 Å². The van der Waals surface area contributed by atoms with E-state index >= 15 is 0 Å². The van der Waals surface area contributed by atoms with Crippen LogP contribution in [0.25, 0.3) is 0 Å². The van der Waals surface area contributed by atoms with Crippen LogP contribution in [-0.4, -0.2) is 17.8 Å². The van der Waals surface area contributed by atoms with Crippen molar-refractivity contribution in [3.63, 3.8) is 0 Å². The predicted molar refractivity (Wildman–Crippen MR) is 71.8 cm³/mol. The van der Waals surface area contributed by atoms with Gasteiger partial charge in [-0.25, -0.2) is 0 Å². The lowest BCUT2D eigenvalue weighted by molar-refractivity contribution is -0.274. The minimum absolute atomic E-state index is 0.299. The van der Waals surface area contributed by atoms with Gasteiger partial charge in [0.15, 0.2) is 0 Å². The lowest BCUT2D eigenvalue weighted by atomic mass is 9.82. The molecule has 0 bridgehead atoms. The maximum absolute atomic E-state index is 12.2. The molecule has 0 unspecified atom stereocenters. The Hall–Kier alpha value is -1.76. The number of carbonyl (C=O) groups is 1. The Morgan fingerprint density at radius 1 is 1.14 bits per heavy atom. The van der Waals surface area contributed by atoms with Gasteiger partial charge in [0, 0.05) is 5.69 Å². The van der Waals surface area contributed by atoms with Crippen LogP contribution >= 0.6 is 0 Å². The number of rotatable bonds is 3. The van der Waals surface area contributed by atoms with Crippen LogP contribution in [-0.2, 0) is 4.79 Å². The van der Waals surface area contributed by atoms with Crippen LogP contribution in [0.1, 0.15) is 32.1 Å². The van der Waals surface area contributed by atoms with Gasteiger partial charge in [-0.3, -0.25) is 4.79 Å². The van der Waals surface area contributed by atoms with E-state index in [1.54, 1.807) is 0 Å². The Kier molecular flexibility index (Phi) is 4.41. The molecule has 0 radical (unpaired) electrons. The first-order valence-corrected chi connectivity index (χ1v) is 6.75. The fraction of sp³-hybridized carbons (Fsp3) is 0.500. The van der Waals surface area contributed by atoms with Gasteiger partial charge in [-0.05, 0) is 37.1 Å². The second kappa shape index (κ2) is 5.93. The average Bonchev–Trinajstić information content (AvgIpc) is 2.40. The molecule has 3 N–H and O–H groups in total. The molecule has 1 aliphatic carbocycles. The fourth-order valence-corrected chi connectivity index (χ4v) is 2.41. The van der Waals surface area contributed by atoms with E-state index in [0.717, 1.165) is 31.4 Å². The Balaban J connectivity index is 1.98. The highest BCUT2D eigenvalue weighted by Gasteiger charge is 2.35. The molecule has 1 saturated carbocycles. The van der Waals surface area contributed by atoms with Gasteiger partial charge < -0.3 is 15.8 Å². The highest BCUT2D eigenvalue weighted by molar-refractivity contribution is 5.98. The number of alkyl halides is 3. The van der Waals surface area contributed by atoms with Gasteiger partial charge in [-0.2, -0.15) is 0 Å². The predicted octanol–water partition coefficient (Wildman–Crippen LogP) is 3.19. The number of halogens is 3. The number of amides is 1. The number of benzene rings is 1. The Morgan fingerprint density at radius 3 is 2.24 bits per heavy atom. The van der Waals surface area contributed by atoms with Crippen molar-refractivity contribution in [1.29, 1.82) is 0 Å². The largest absolute Gasteiger partial charge is 0.573 e. The lowest BCUT2D eigenvalue weighted by Crippen LogP contribution is -2.52. The van der Waals surface area contributed by atoms with Gasteiger partial charge in [0.05, 0.1) is 5.54 Å². The normalized spacial score (nSPS) is 18.1. The molecule has 1 aliphatic rings. The van der Waals surface area contributed by atoms with Crippen molar-refractivity contribution in [2.24, 2.45) is 5.73 Å². The summed E-state index contributed by atoms with van der Waals surface area (Å²) in [5.74, 6) is -0.632. The molecule has 116 valence electrons. The highest BCUT2D eigenvalue weighted by Crippen LogP contribution is 2.28. The summed E-state index contributed by atoms with van der Waals surface area (Å²) in [6.45, 7) is 0. The van der Waals surface area contributed by atoms with Crippen molar-refractivity contribution < 1.29 is 22.7 Å². The third-order valence-corrected chi connectivity index (χ3v) is 3.54. The highest BCUT2D eigenvalue weighted by atomic mass is 19.4. The maximum Gasteiger partial charge on any atom is 0.573 e. The van der Waals surface area contributed by atoms with E-state index in [0.29, 0.717) is 18.5 Å². The van der Waals surface area contributed by atoms with Crippen LogP contribution in [0.15, 0.2) is 24.3 Å². The summed E-state index contributed by atoms with van der Waals surface area (Å²) < 4.78 is 39.9. The van der Waals surface area contributed by atoms with E-state index in [2.05, 4.69) is 10.1 Å². The molecule has 0 aromatic heterocycles. The molecule has 1 fully saturated rings. The molecule has 0 saturated heterocycles. The number of hydrogen-bond donors (Lipinski definition) is 2. The number of anilines is 1. The number of hydrogen-bond acceptors (Lipinski definition) is 3. The zero-order chi connectivity index (χ0) is 15.5. The molecule has 0 spiro atoms. The minimum atomic E-state index is -4.73. The number of nitrogens with one attached hydrogen (secondary N) is 1. The molecule has 2 rings (SSSR count). The van der Waals surface area contributed by atoms with Gasteiger partial charge in [0.25, 0.3) is 0 Å². The molecule has 0 atom stereocenters. The smallest absolute Gasteiger partial charge is 0.406 e. The van der Waals surface area contributed by atoms with Crippen molar-refractivity contribution >= 4 is 11.6 Å². The standard InChI is InChI=1S/C14H17F3N2O2/c15-14(16,17)21-11-6-4-10(5-7-11)19-12(20)13(18)8-2-1-3-9-13/h4-7H,1-3,8-9,18H2,(H,19,20). The molecule has 21 heavy (non-hydrogen) atoms. The Bertz CT molecular complexity index is 494. The summed E-state index contributed by atoms with van der Waals surface area (Å²) in [6.07, 6.45) is -0.614. The molecule has 0 heterocycles. The third kappa shape index (κ3) is 4.35. The summed E-state index contributed by atoms with van der Waals surface area (Å²) in [4.78, 5) is 12.2.